The average Bonchev–Trinajstić information content (AvgIpc) is 3.16. The first-order valence-corrected chi connectivity index (χ1v) is 9.25. The molecule has 0 spiro atoms. The Morgan fingerprint density at radius 3 is 2.67 bits per heavy atom. The molecule has 8 heteroatoms. The van der Waals surface area contributed by atoms with E-state index in [1.54, 1.807) is 42.6 Å². The average molecular weight is 403 g/mol. The number of carbonyl (C=O) groups is 2. The van der Waals surface area contributed by atoms with Crippen molar-refractivity contribution in [2.24, 2.45) is 0 Å². The fourth-order valence-corrected chi connectivity index (χ4v) is 2.99. The Balaban J connectivity index is 1.60. The second-order valence-corrected chi connectivity index (χ2v) is 6.73. The van der Waals surface area contributed by atoms with Crippen LogP contribution in [0.1, 0.15) is 10.4 Å². The lowest BCUT2D eigenvalue weighted by Crippen LogP contribution is -2.17. The van der Waals surface area contributed by atoms with Gasteiger partial charge in [0.2, 0.25) is 5.91 Å². The third-order valence-electron chi connectivity index (χ3n) is 3.55. The van der Waals surface area contributed by atoms with Gasteiger partial charge in [-0.25, -0.2) is 9.78 Å². The number of esters is 1. The van der Waals surface area contributed by atoms with Crippen LogP contribution in [0.2, 0.25) is 5.02 Å². The number of amides is 1. The largest absolute Gasteiger partial charge is 0.465 e. The maximum absolute atomic E-state index is 12.2. The summed E-state index contributed by atoms with van der Waals surface area (Å²) in [7, 11) is 1.29. The molecule has 0 bridgehead atoms. The molecule has 1 N–H and O–H groups in total. The number of nitrogens with zero attached hydrogens (tertiary/aromatic N) is 1. The van der Waals surface area contributed by atoms with Crippen molar-refractivity contribution in [3.8, 4) is 11.3 Å². The van der Waals surface area contributed by atoms with Crippen LogP contribution in [-0.4, -0.2) is 29.7 Å². The molecule has 6 nitrogen and oxygen atoms in total. The molecule has 0 fully saturated rings. The van der Waals surface area contributed by atoms with Crippen molar-refractivity contribution < 1.29 is 18.7 Å². The van der Waals surface area contributed by atoms with E-state index in [4.69, 9.17) is 20.8 Å². The number of hydrogen-bond acceptors (Lipinski definition) is 6. The minimum atomic E-state index is -0.515. The first-order chi connectivity index (χ1) is 13.1. The van der Waals surface area contributed by atoms with E-state index in [0.717, 1.165) is 17.3 Å². The molecule has 1 heterocycles. The molecule has 0 unspecified atom stereocenters. The van der Waals surface area contributed by atoms with Gasteiger partial charge in [0.05, 0.1) is 30.3 Å². The van der Waals surface area contributed by atoms with Crippen LogP contribution in [0.4, 0.5) is 5.69 Å². The summed E-state index contributed by atoms with van der Waals surface area (Å²) in [6, 6.07) is 13.8. The zero-order valence-corrected chi connectivity index (χ0v) is 15.8. The van der Waals surface area contributed by atoms with E-state index in [0.29, 0.717) is 27.3 Å². The highest BCUT2D eigenvalue weighted by atomic mass is 35.5. The molecule has 1 aromatic heterocycles. The molecule has 0 radical (unpaired) electrons. The van der Waals surface area contributed by atoms with Crippen LogP contribution in [0.25, 0.3) is 11.3 Å². The van der Waals surface area contributed by atoms with Crippen molar-refractivity contribution in [2.45, 2.75) is 5.22 Å². The van der Waals surface area contributed by atoms with Crippen molar-refractivity contribution >= 4 is 40.9 Å². The number of thioether (sulfide) groups is 1. The summed E-state index contributed by atoms with van der Waals surface area (Å²) in [6.07, 6.45) is 1.59. The van der Waals surface area contributed by atoms with E-state index < -0.39 is 5.97 Å². The van der Waals surface area contributed by atoms with Crippen molar-refractivity contribution in [3.05, 3.63) is 65.3 Å². The van der Waals surface area contributed by atoms with E-state index in [1.807, 2.05) is 12.1 Å². The first-order valence-electron chi connectivity index (χ1n) is 7.88. The molecule has 0 aliphatic heterocycles. The molecule has 0 aliphatic rings. The van der Waals surface area contributed by atoms with E-state index in [2.05, 4.69) is 10.3 Å². The predicted octanol–water partition coefficient (Wildman–Crippen LogP) is 4.51. The summed E-state index contributed by atoms with van der Waals surface area (Å²) in [5, 5.41) is 3.70. The number of benzene rings is 2. The van der Waals surface area contributed by atoms with E-state index in [1.165, 1.54) is 7.11 Å². The number of para-hydroxylation sites is 1. The van der Waals surface area contributed by atoms with Gasteiger partial charge < -0.3 is 14.5 Å². The van der Waals surface area contributed by atoms with Crippen LogP contribution < -0.4 is 5.32 Å². The quantitative estimate of drug-likeness (QED) is 0.482. The lowest BCUT2D eigenvalue weighted by atomic mass is 10.2. The zero-order chi connectivity index (χ0) is 19.2. The number of nitrogens with one attached hydrogen (secondary N) is 1. The van der Waals surface area contributed by atoms with Gasteiger partial charge in [-0.2, -0.15) is 0 Å². The van der Waals surface area contributed by atoms with E-state index in [-0.39, 0.29) is 11.7 Å². The standard InChI is InChI=1S/C19H15ClN2O4S/c1-25-18(24)14-4-2-3-5-15(14)22-17(23)11-27-19-21-10-16(26-19)12-6-8-13(20)9-7-12/h2-10H,11H2,1H3,(H,22,23). The number of carbonyl (C=O) groups excluding carboxylic acids is 2. The maximum Gasteiger partial charge on any atom is 0.339 e. The monoisotopic (exact) mass is 402 g/mol. The summed E-state index contributed by atoms with van der Waals surface area (Å²) >= 11 is 7.03. The third kappa shape index (κ3) is 4.90. The number of halogens is 1. The van der Waals surface area contributed by atoms with Gasteiger partial charge in [-0.15, -0.1) is 0 Å². The number of aromatic nitrogens is 1. The van der Waals surface area contributed by atoms with Gasteiger partial charge in [0.1, 0.15) is 0 Å². The topological polar surface area (TPSA) is 81.4 Å². The molecule has 0 atom stereocenters. The van der Waals surface area contributed by atoms with Crippen LogP contribution in [0.15, 0.2) is 64.4 Å². The Kier molecular flexibility index (Phi) is 6.16. The second kappa shape index (κ2) is 8.75. The number of ether oxygens (including phenoxy) is 1. The van der Waals surface area contributed by atoms with Crippen LogP contribution in [0.3, 0.4) is 0 Å². The molecule has 27 heavy (non-hydrogen) atoms. The molecule has 138 valence electrons. The van der Waals surface area contributed by atoms with Gasteiger partial charge in [-0.1, -0.05) is 35.5 Å². The number of oxazole rings is 1. The maximum atomic E-state index is 12.2. The SMILES string of the molecule is COC(=O)c1ccccc1NC(=O)CSc1ncc(-c2ccc(Cl)cc2)o1. The summed E-state index contributed by atoms with van der Waals surface area (Å²) in [4.78, 5) is 28.1. The molecule has 0 saturated heterocycles. The Morgan fingerprint density at radius 2 is 1.93 bits per heavy atom. The van der Waals surface area contributed by atoms with Crippen LogP contribution in [-0.2, 0) is 9.53 Å². The van der Waals surface area contributed by atoms with Gasteiger partial charge in [0, 0.05) is 10.6 Å². The molecule has 3 rings (SSSR count). The normalized spacial score (nSPS) is 10.4. The molecular weight excluding hydrogens is 388 g/mol. The smallest absolute Gasteiger partial charge is 0.339 e. The third-order valence-corrected chi connectivity index (χ3v) is 4.64. The fraction of sp³-hybridized carbons (Fsp3) is 0.105. The zero-order valence-electron chi connectivity index (χ0n) is 14.3. The Bertz CT molecular complexity index is 956. The number of methoxy groups -OCH3 is 1. The molecule has 3 aromatic rings. The van der Waals surface area contributed by atoms with Crippen LogP contribution in [0.5, 0.6) is 0 Å². The Labute approximate surface area is 164 Å². The van der Waals surface area contributed by atoms with E-state index >= 15 is 0 Å². The van der Waals surface area contributed by atoms with Crippen molar-refractivity contribution in [1.29, 1.82) is 0 Å². The summed E-state index contributed by atoms with van der Waals surface area (Å²) in [5.41, 5.74) is 1.53. The van der Waals surface area contributed by atoms with Gasteiger partial charge in [0.15, 0.2) is 5.76 Å². The lowest BCUT2D eigenvalue weighted by Gasteiger charge is -2.08. The molecule has 0 saturated carbocycles. The highest BCUT2D eigenvalue weighted by Gasteiger charge is 2.14. The predicted molar refractivity (Wildman–Crippen MR) is 104 cm³/mol. The second-order valence-electron chi connectivity index (χ2n) is 5.37. The van der Waals surface area contributed by atoms with Gasteiger partial charge in [-0.05, 0) is 36.4 Å². The van der Waals surface area contributed by atoms with Crippen LogP contribution in [0, 0.1) is 0 Å². The Hall–Kier alpha value is -2.77. The number of rotatable bonds is 6. The Morgan fingerprint density at radius 1 is 1.19 bits per heavy atom. The molecule has 1 amide bonds. The highest BCUT2D eigenvalue weighted by molar-refractivity contribution is 7.99. The minimum Gasteiger partial charge on any atom is -0.465 e. The molecular formula is C19H15ClN2O4S. The summed E-state index contributed by atoms with van der Waals surface area (Å²) in [6.45, 7) is 0. The van der Waals surface area contributed by atoms with Crippen molar-refractivity contribution in [2.75, 3.05) is 18.2 Å². The van der Waals surface area contributed by atoms with Crippen molar-refractivity contribution in [3.63, 3.8) is 0 Å². The fourth-order valence-electron chi connectivity index (χ4n) is 2.27. The van der Waals surface area contributed by atoms with Gasteiger partial charge in [-0.3, -0.25) is 4.79 Å². The summed E-state index contributed by atoms with van der Waals surface area (Å²) in [5.74, 6) is -0.136. The molecule has 0 aliphatic carbocycles. The van der Waals surface area contributed by atoms with E-state index in [9.17, 15) is 9.59 Å². The first kappa shape index (κ1) is 19.0. The van der Waals surface area contributed by atoms with Crippen LogP contribution >= 0.6 is 23.4 Å². The minimum absolute atomic E-state index is 0.0794. The molecule has 2 aromatic carbocycles. The highest BCUT2D eigenvalue weighted by Crippen LogP contribution is 2.26. The number of hydrogen-bond donors (Lipinski definition) is 1. The van der Waals surface area contributed by atoms with Gasteiger partial charge in [0.25, 0.3) is 5.22 Å². The summed E-state index contributed by atoms with van der Waals surface area (Å²) < 4.78 is 10.4. The number of anilines is 1. The van der Waals surface area contributed by atoms with Crippen molar-refractivity contribution in [1.82, 2.24) is 4.98 Å². The lowest BCUT2D eigenvalue weighted by molar-refractivity contribution is -0.113. The van der Waals surface area contributed by atoms with Gasteiger partial charge >= 0.3 is 5.97 Å².